The van der Waals surface area contributed by atoms with E-state index in [1.165, 1.54) is 135 Å². The van der Waals surface area contributed by atoms with Gasteiger partial charge in [0.1, 0.15) is 30.5 Å². The molecule has 10 heteroatoms. The van der Waals surface area contributed by atoms with Crippen LogP contribution < -0.4 is 5.32 Å². The normalized spacial score (nSPS) is 21.9. The Hall–Kier alpha value is -1.37. The average molecular weight is 798 g/mol. The van der Waals surface area contributed by atoms with Gasteiger partial charge in [0.05, 0.1) is 25.4 Å². The number of unbranched alkanes of at least 4 members (excludes halogenated alkanes) is 25. The molecule has 1 heterocycles. The molecule has 330 valence electrons. The van der Waals surface area contributed by atoms with Crippen molar-refractivity contribution in [1.82, 2.24) is 5.32 Å². The largest absolute Gasteiger partial charge is 0.394 e. The summed E-state index contributed by atoms with van der Waals surface area (Å²) >= 11 is 0. The van der Waals surface area contributed by atoms with Gasteiger partial charge in [-0.05, 0) is 32.1 Å². The third-order valence-electron chi connectivity index (χ3n) is 11.1. The Kier molecular flexibility index (Phi) is 34.5. The van der Waals surface area contributed by atoms with E-state index in [1.54, 1.807) is 6.08 Å². The van der Waals surface area contributed by atoms with Crippen LogP contribution in [-0.4, -0.2) is 98.7 Å². The van der Waals surface area contributed by atoms with E-state index in [0.29, 0.717) is 19.3 Å². The lowest BCUT2D eigenvalue weighted by Crippen LogP contribution is -2.60. The summed E-state index contributed by atoms with van der Waals surface area (Å²) in [7, 11) is 0. The van der Waals surface area contributed by atoms with Crippen LogP contribution in [0, 0.1) is 0 Å². The zero-order valence-corrected chi connectivity index (χ0v) is 35.8. The number of aliphatic hydroxyl groups is 6. The van der Waals surface area contributed by atoms with Crippen molar-refractivity contribution in [3.05, 3.63) is 24.3 Å². The highest BCUT2D eigenvalue weighted by Gasteiger charge is 2.44. The number of aliphatic hydroxyl groups excluding tert-OH is 6. The van der Waals surface area contributed by atoms with E-state index >= 15 is 0 Å². The highest BCUT2D eigenvalue weighted by molar-refractivity contribution is 5.80. The lowest BCUT2D eigenvalue weighted by atomic mass is 9.99. The maximum absolute atomic E-state index is 13.0. The first-order valence-corrected chi connectivity index (χ1v) is 23.2. The molecule has 0 aromatic heterocycles. The van der Waals surface area contributed by atoms with Crippen LogP contribution >= 0.6 is 0 Å². The molecule has 10 nitrogen and oxygen atoms in total. The Balaban J connectivity index is 2.38. The summed E-state index contributed by atoms with van der Waals surface area (Å²) in [5.74, 6) is -0.625. The smallest absolute Gasteiger partial charge is 0.249 e. The van der Waals surface area contributed by atoms with Gasteiger partial charge in [-0.2, -0.15) is 0 Å². The molecule has 56 heavy (non-hydrogen) atoms. The fourth-order valence-electron chi connectivity index (χ4n) is 7.30. The van der Waals surface area contributed by atoms with E-state index in [2.05, 4.69) is 31.3 Å². The second-order valence-corrected chi connectivity index (χ2v) is 16.3. The monoisotopic (exact) mass is 798 g/mol. The highest BCUT2D eigenvalue weighted by Crippen LogP contribution is 2.23. The first-order valence-electron chi connectivity index (χ1n) is 23.2. The Morgan fingerprint density at radius 1 is 0.607 bits per heavy atom. The lowest BCUT2D eigenvalue weighted by molar-refractivity contribution is -0.302. The van der Waals surface area contributed by atoms with Crippen LogP contribution in [0.5, 0.6) is 0 Å². The van der Waals surface area contributed by atoms with Crippen molar-refractivity contribution in [3.63, 3.8) is 0 Å². The summed E-state index contributed by atoms with van der Waals surface area (Å²) in [6.45, 7) is 3.57. The van der Waals surface area contributed by atoms with Gasteiger partial charge in [0.15, 0.2) is 6.29 Å². The van der Waals surface area contributed by atoms with Gasteiger partial charge in [-0.25, -0.2) is 0 Å². The molecule has 0 radical (unpaired) electrons. The van der Waals surface area contributed by atoms with Gasteiger partial charge in [-0.15, -0.1) is 0 Å². The Bertz CT molecular complexity index is 948. The Morgan fingerprint density at radius 2 is 1.05 bits per heavy atom. The fraction of sp³-hybridized carbons (Fsp3) is 0.891. The maximum Gasteiger partial charge on any atom is 0.249 e. The topological polar surface area (TPSA) is 169 Å². The second-order valence-electron chi connectivity index (χ2n) is 16.3. The van der Waals surface area contributed by atoms with Crippen molar-refractivity contribution < 1.29 is 44.9 Å². The number of ether oxygens (including phenoxy) is 2. The number of hydrogen-bond acceptors (Lipinski definition) is 9. The number of hydrogen-bond donors (Lipinski definition) is 7. The molecular weight excluding hydrogens is 711 g/mol. The van der Waals surface area contributed by atoms with Gasteiger partial charge >= 0.3 is 0 Å². The zero-order valence-electron chi connectivity index (χ0n) is 35.8. The molecule has 8 unspecified atom stereocenters. The molecule has 0 bridgehead atoms. The van der Waals surface area contributed by atoms with E-state index in [-0.39, 0.29) is 6.61 Å². The highest BCUT2D eigenvalue weighted by atomic mass is 16.7. The number of nitrogens with one attached hydrogen (secondary N) is 1. The van der Waals surface area contributed by atoms with Gasteiger partial charge < -0.3 is 45.4 Å². The standard InChI is InChI=1S/C46H87NO9/c1-3-5-7-9-11-13-15-17-18-19-20-21-22-23-25-27-29-31-33-35-40(50)45(54)47-38(37-55-46-44(53)43(52)42(51)41(36-48)56-46)39(49)34-32-30-28-26-24-16-14-12-10-8-6-4-2/h24,26,32,34,38-44,46,48-53H,3-23,25,27-31,33,35-37H2,1-2H3,(H,47,54)/b26-24+,34-32+. The van der Waals surface area contributed by atoms with E-state index in [4.69, 9.17) is 9.47 Å². The lowest BCUT2D eigenvalue weighted by Gasteiger charge is -2.40. The van der Waals surface area contributed by atoms with Crippen molar-refractivity contribution in [2.75, 3.05) is 13.2 Å². The predicted octanol–water partition coefficient (Wildman–Crippen LogP) is 8.47. The number of rotatable bonds is 38. The predicted molar refractivity (Wildman–Crippen MR) is 227 cm³/mol. The molecule has 0 aromatic carbocycles. The maximum atomic E-state index is 13.0. The number of allylic oxidation sites excluding steroid dienone is 3. The molecular formula is C46H87NO9. The molecule has 0 saturated carbocycles. The summed E-state index contributed by atoms with van der Waals surface area (Å²) in [4.78, 5) is 13.0. The minimum absolute atomic E-state index is 0.308. The molecule has 1 aliphatic rings. The van der Waals surface area contributed by atoms with E-state index < -0.39 is 61.5 Å². The van der Waals surface area contributed by atoms with Gasteiger partial charge in [0.25, 0.3) is 0 Å². The van der Waals surface area contributed by atoms with Crippen LogP contribution in [0.4, 0.5) is 0 Å². The van der Waals surface area contributed by atoms with Crippen molar-refractivity contribution in [1.29, 1.82) is 0 Å². The van der Waals surface area contributed by atoms with Gasteiger partial charge in [-0.3, -0.25) is 4.79 Å². The van der Waals surface area contributed by atoms with Crippen molar-refractivity contribution in [2.24, 2.45) is 0 Å². The van der Waals surface area contributed by atoms with Crippen molar-refractivity contribution in [2.45, 2.75) is 249 Å². The molecule has 7 N–H and O–H groups in total. The molecule has 0 spiro atoms. The summed E-state index contributed by atoms with van der Waals surface area (Å²) < 4.78 is 11.1. The molecule has 1 fully saturated rings. The molecule has 0 aromatic rings. The summed E-state index contributed by atoms with van der Waals surface area (Å²) in [5.41, 5.74) is 0. The quantitative estimate of drug-likeness (QED) is 0.0239. The van der Waals surface area contributed by atoms with Crippen LogP contribution in [0.2, 0.25) is 0 Å². The van der Waals surface area contributed by atoms with Gasteiger partial charge in [0.2, 0.25) is 5.91 Å². The Morgan fingerprint density at radius 3 is 1.55 bits per heavy atom. The van der Waals surface area contributed by atoms with E-state index in [1.807, 2.05) is 6.08 Å². The minimum atomic E-state index is -1.61. The SMILES string of the molecule is CCCCCCCC/C=C/CC/C=C/C(O)C(COC1OC(CO)C(O)C(O)C1O)NC(=O)C(O)CCCCCCCCCCCCCCCCCCCCC. The molecule has 0 aliphatic carbocycles. The third-order valence-corrected chi connectivity index (χ3v) is 11.1. The van der Waals surface area contributed by atoms with Crippen molar-refractivity contribution >= 4 is 5.91 Å². The first kappa shape index (κ1) is 52.6. The summed E-state index contributed by atoms with van der Waals surface area (Å²) in [6.07, 6.45) is 32.7. The fourth-order valence-corrected chi connectivity index (χ4v) is 7.30. The third kappa shape index (κ3) is 26.6. The van der Waals surface area contributed by atoms with E-state index in [9.17, 15) is 35.4 Å². The van der Waals surface area contributed by atoms with Crippen LogP contribution in [0.15, 0.2) is 24.3 Å². The molecule has 1 aliphatic heterocycles. The molecule has 1 rings (SSSR count). The summed E-state index contributed by atoms with van der Waals surface area (Å²) in [5, 5.41) is 64.5. The van der Waals surface area contributed by atoms with Gasteiger partial charge in [-0.1, -0.05) is 192 Å². The number of amides is 1. The number of carbonyl (C=O) groups is 1. The minimum Gasteiger partial charge on any atom is -0.394 e. The van der Waals surface area contributed by atoms with Gasteiger partial charge in [0, 0.05) is 0 Å². The van der Waals surface area contributed by atoms with Crippen molar-refractivity contribution in [3.8, 4) is 0 Å². The van der Waals surface area contributed by atoms with Crippen LogP contribution in [0.3, 0.4) is 0 Å². The Labute approximate surface area is 341 Å². The average Bonchev–Trinajstić information content (AvgIpc) is 3.20. The van der Waals surface area contributed by atoms with E-state index in [0.717, 1.165) is 32.1 Å². The second kappa shape index (κ2) is 36.7. The zero-order chi connectivity index (χ0) is 41.1. The number of carbonyl (C=O) groups excluding carboxylic acids is 1. The first-order chi connectivity index (χ1) is 27.3. The van der Waals surface area contributed by atoms with Crippen LogP contribution in [0.25, 0.3) is 0 Å². The molecule has 8 atom stereocenters. The summed E-state index contributed by atoms with van der Waals surface area (Å²) in [6, 6.07) is -0.992. The van der Waals surface area contributed by atoms with Crippen LogP contribution in [0.1, 0.15) is 200 Å². The van der Waals surface area contributed by atoms with Crippen LogP contribution in [-0.2, 0) is 14.3 Å². The molecule has 1 saturated heterocycles. The molecule has 1 amide bonds.